The molecule has 1 N–H and O–H groups in total. The standard InChI is InChI=1S/C21H23F2N3O3/c1-14-4-7-19(18(10-14)24-20(27)13-29-2)26-9-3-8-25(21(26)28)12-15-11-16(22)5-6-17(15)23/h4-7,10-11H,3,8-9,12-13H2,1-2H3,(H,24,27). The lowest BCUT2D eigenvalue weighted by molar-refractivity contribution is -0.119. The molecule has 0 aromatic heterocycles. The largest absolute Gasteiger partial charge is 0.375 e. The molecule has 0 spiro atoms. The molecule has 0 bridgehead atoms. The molecular formula is C21H23F2N3O3. The SMILES string of the molecule is COCC(=O)Nc1cc(C)ccc1N1CCCN(Cc2cc(F)ccc2F)C1=O. The number of ether oxygens (including phenoxy) is 1. The van der Waals surface area contributed by atoms with Crippen molar-refractivity contribution in [1.29, 1.82) is 0 Å². The van der Waals surface area contributed by atoms with E-state index in [1.807, 2.05) is 13.0 Å². The Balaban J connectivity index is 1.85. The van der Waals surface area contributed by atoms with Crippen LogP contribution in [0.25, 0.3) is 0 Å². The minimum atomic E-state index is -0.556. The Kier molecular flexibility index (Phi) is 6.43. The highest BCUT2D eigenvalue weighted by molar-refractivity contribution is 6.01. The van der Waals surface area contributed by atoms with Crippen LogP contribution in [-0.4, -0.2) is 43.6 Å². The van der Waals surface area contributed by atoms with Crippen molar-refractivity contribution in [3.05, 3.63) is 59.2 Å². The molecule has 8 heteroatoms. The maximum atomic E-state index is 14.0. The van der Waals surface area contributed by atoms with Crippen molar-refractivity contribution < 1.29 is 23.1 Å². The number of amides is 3. The van der Waals surface area contributed by atoms with Gasteiger partial charge in [0.2, 0.25) is 5.91 Å². The topological polar surface area (TPSA) is 61.9 Å². The summed E-state index contributed by atoms with van der Waals surface area (Å²) < 4.78 is 32.4. The highest BCUT2D eigenvalue weighted by Gasteiger charge is 2.29. The Labute approximate surface area is 168 Å². The molecular weight excluding hydrogens is 380 g/mol. The fourth-order valence-corrected chi connectivity index (χ4v) is 3.32. The summed E-state index contributed by atoms with van der Waals surface area (Å²) in [4.78, 5) is 28.1. The second-order valence-electron chi connectivity index (χ2n) is 6.95. The van der Waals surface area contributed by atoms with Gasteiger partial charge in [-0.25, -0.2) is 13.6 Å². The number of nitrogens with one attached hydrogen (secondary N) is 1. The lowest BCUT2D eigenvalue weighted by Crippen LogP contribution is -2.49. The summed E-state index contributed by atoms with van der Waals surface area (Å²) in [5.74, 6) is -1.44. The van der Waals surface area contributed by atoms with Crippen molar-refractivity contribution in [3.63, 3.8) is 0 Å². The number of rotatable bonds is 6. The van der Waals surface area contributed by atoms with E-state index in [4.69, 9.17) is 4.74 Å². The maximum Gasteiger partial charge on any atom is 0.324 e. The third-order valence-corrected chi connectivity index (χ3v) is 4.67. The van der Waals surface area contributed by atoms with E-state index in [2.05, 4.69) is 5.32 Å². The van der Waals surface area contributed by atoms with Gasteiger partial charge in [0.1, 0.15) is 18.2 Å². The Morgan fingerprint density at radius 3 is 2.72 bits per heavy atom. The minimum Gasteiger partial charge on any atom is -0.375 e. The normalized spacial score (nSPS) is 14.3. The number of nitrogens with zero attached hydrogens (tertiary/aromatic N) is 2. The summed E-state index contributed by atoms with van der Waals surface area (Å²) >= 11 is 0. The Morgan fingerprint density at radius 1 is 1.17 bits per heavy atom. The minimum absolute atomic E-state index is 0.0316. The third kappa shape index (κ3) is 4.89. The van der Waals surface area contributed by atoms with Crippen LogP contribution in [0.2, 0.25) is 0 Å². The molecule has 0 unspecified atom stereocenters. The maximum absolute atomic E-state index is 14.0. The van der Waals surface area contributed by atoms with Gasteiger partial charge in [0.05, 0.1) is 17.9 Å². The van der Waals surface area contributed by atoms with Gasteiger partial charge in [-0.15, -0.1) is 0 Å². The van der Waals surface area contributed by atoms with Crippen LogP contribution < -0.4 is 10.2 Å². The van der Waals surface area contributed by atoms with Crippen molar-refractivity contribution in [1.82, 2.24) is 4.90 Å². The predicted octanol–water partition coefficient (Wildman–Crippen LogP) is 3.69. The van der Waals surface area contributed by atoms with E-state index in [0.717, 1.165) is 23.8 Å². The van der Waals surface area contributed by atoms with Crippen molar-refractivity contribution >= 4 is 23.3 Å². The fourth-order valence-electron chi connectivity index (χ4n) is 3.32. The second-order valence-corrected chi connectivity index (χ2v) is 6.95. The van der Waals surface area contributed by atoms with Gasteiger partial charge >= 0.3 is 6.03 Å². The number of methoxy groups -OCH3 is 1. The number of urea groups is 1. The number of aryl methyl sites for hydroxylation is 1. The molecule has 1 fully saturated rings. The first-order valence-electron chi connectivity index (χ1n) is 9.29. The molecule has 0 saturated carbocycles. The number of anilines is 2. The van der Waals surface area contributed by atoms with E-state index in [-0.39, 0.29) is 30.7 Å². The van der Waals surface area contributed by atoms with Crippen molar-refractivity contribution in [2.75, 3.05) is 37.0 Å². The number of carbonyl (C=O) groups is 2. The molecule has 1 aliphatic rings. The molecule has 3 amide bonds. The van der Waals surface area contributed by atoms with Gasteiger partial charge < -0.3 is 15.0 Å². The number of carbonyl (C=O) groups excluding carboxylic acids is 2. The van der Waals surface area contributed by atoms with E-state index in [1.54, 1.807) is 17.0 Å². The van der Waals surface area contributed by atoms with Gasteiger partial charge in [0.25, 0.3) is 0 Å². The lowest BCUT2D eigenvalue weighted by atomic mass is 10.1. The Morgan fingerprint density at radius 2 is 1.97 bits per heavy atom. The first-order valence-corrected chi connectivity index (χ1v) is 9.29. The quantitative estimate of drug-likeness (QED) is 0.800. The Bertz CT molecular complexity index is 920. The first kappa shape index (κ1) is 20.7. The molecule has 1 aliphatic heterocycles. The van der Waals surface area contributed by atoms with Crippen LogP contribution in [0.1, 0.15) is 17.5 Å². The molecule has 154 valence electrons. The van der Waals surface area contributed by atoms with Gasteiger partial charge in [-0.1, -0.05) is 6.07 Å². The van der Waals surface area contributed by atoms with Crippen LogP contribution in [0.4, 0.5) is 25.0 Å². The summed E-state index contributed by atoms with van der Waals surface area (Å²) in [7, 11) is 1.42. The number of halogens is 2. The average molecular weight is 403 g/mol. The predicted molar refractivity (Wildman–Crippen MR) is 106 cm³/mol. The van der Waals surface area contributed by atoms with Crippen LogP contribution in [0, 0.1) is 18.6 Å². The van der Waals surface area contributed by atoms with E-state index < -0.39 is 11.6 Å². The monoisotopic (exact) mass is 403 g/mol. The van der Waals surface area contributed by atoms with Crippen LogP contribution in [0.15, 0.2) is 36.4 Å². The van der Waals surface area contributed by atoms with Gasteiger partial charge in [0, 0.05) is 25.8 Å². The molecule has 2 aromatic carbocycles. The summed E-state index contributed by atoms with van der Waals surface area (Å²) in [5, 5.41) is 2.77. The third-order valence-electron chi connectivity index (χ3n) is 4.67. The average Bonchev–Trinajstić information content (AvgIpc) is 2.67. The molecule has 0 aliphatic carbocycles. The molecule has 0 radical (unpaired) electrons. The zero-order valence-corrected chi connectivity index (χ0v) is 16.4. The molecule has 1 heterocycles. The second kappa shape index (κ2) is 9.00. The molecule has 6 nitrogen and oxygen atoms in total. The van der Waals surface area contributed by atoms with Gasteiger partial charge in [-0.05, 0) is 49.2 Å². The van der Waals surface area contributed by atoms with Crippen LogP contribution in [0.5, 0.6) is 0 Å². The van der Waals surface area contributed by atoms with Gasteiger partial charge in [0.15, 0.2) is 0 Å². The van der Waals surface area contributed by atoms with E-state index >= 15 is 0 Å². The summed E-state index contributed by atoms with van der Waals surface area (Å²) in [5.41, 5.74) is 2.09. The molecule has 0 atom stereocenters. The van der Waals surface area contributed by atoms with Gasteiger partial charge in [-0.2, -0.15) is 0 Å². The Hall–Kier alpha value is -3.00. The van der Waals surface area contributed by atoms with Crippen molar-refractivity contribution in [3.8, 4) is 0 Å². The van der Waals surface area contributed by atoms with Crippen LogP contribution in [0.3, 0.4) is 0 Å². The van der Waals surface area contributed by atoms with E-state index in [0.29, 0.717) is 30.9 Å². The lowest BCUT2D eigenvalue weighted by Gasteiger charge is -2.36. The molecule has 2 aromatic rings. The zero-order valence-electron chi connectivity index (χ0n) is 16.4. The molecule has 3 rings (SSSR count). The van der Waals surface area contributed by atoms with E-state index in [1.165, 1.54) is 12.0 Å². The van der Waals surface area contributed by atoms with Gasteiger partial charge in [-0.3, -0.25) is 9.69 Å². The zero-order chi connectivity index (χ0) is 21.0. The fraction of sp³-hybridized carbons (Fsp3) is 0.333. The number of benzene rings is 2. The number of hydrogen-bond donors (Lipinski definition) is 1. The molecule has 29 heavy (non-hydrogen) atoms. The molecule has 1 saturated heterocycles. The highest BCUT2D eigenvalue weighted by Crippen LogP contribution is 2.30. The highest BCUT2D eigenvalue weighted by atomic mass is 19.1. The van der Waals surface area contributed by atoms with E-state index in [9.17, 15) is 18.4 Å². The van der Waals surface area contributed by atoms with Crippen molar-refractivity contribution in [2.24, 2.45) is 0 Å². The summed E-state index contributed by atoms with van der Waals surface area (Å²) in [6.07, 6.45) is 0.655. The van der Waals surface area contributed by atoms with Crippen molar-refractivity contribution in [2.45, 2.75) is 19.9 Å². The smallest absolute Gasteiger partial charge is 0.324 e. The van der Waals surface area contributed by atoms with Crippen LogP contribution >= 0.6 is 0 Å². The summed E-state index contributed by atoms with van der Waals surface area (Å²) in [6, 6.07) is 8.27. The van der Waals surface area contributed by atoms with Crippen LogP contribution in [-0.2, 0) is 16.1 Å². The summed E-state index contributed by atoms with van der Waals surface area (Å²) in [6.45, 7) is 2.63. The number of hydrogen-bond acceptors (Lipinski definition) is 3. The first-order chi connectivity index (χ1) is 13.9.